The molecular formula is C38H65N11O6. The number of hydrogen-bond donors (Lipinski definition) is 8. The minimum absolute atomic E-state index is 0.00215. The van der Waals surface area contributed by atoms with Gasteiger partial charge in [-0.05, 0) is 64.4 Å². The first-order valence-electron chi connectivity index (χ1n) is 19.5. The number of nitrogens with zero attached hydrogens (tertiary/aromatic N) is 3. The Labute approximate surface area is 325 Å². The van der Waals surface area contributed by atoms with E-state index in [1.54, 1.807) is 4.90 Å². The highest BCUT2D eigenvalue weighted by Crippen LogP contribution is 2.14. The van der Waals surface area contributed by atoms with Crippen molar-refractivity contribution < 1.29 is 28.7 Å². The molecule has 0 bridgehead atoms. The van der Waals surface area contributed by atoms with Gasteiger partial charge in [0.25, 0.3) is 0 Å². The fourth-order valence-corrected chi connectivity index (χ4v) is 6.32. The van der Waals surface area contributed by atoms with E-state index in [2.05, 4.69) is 31.3 Å². The standard InChI is InChI=1S/C38H65N11O6/c1-4-29(15-11-20-45-37(39)40)34(52)48-31(23-28-13-7-5-8-14-28)36(54)47-30(16-12-21-46-38(41)42)35(53)44-19-10-6-9-17-32(50)43-22-18-33(51)49-24-26(2)55-27(3)25-49/h5,7-8,13-14,26-27,29-31H,4,6,9-12,15-25H2,1-3H3,(H,43,50)(H,44,53)(H,47,54)(H,48,52)(H4,39,40,45)(H4,41,42,46). The lowest BCUT2D eigenvalue weighted by Crippen LogP contribution is -2.55. The van der Waals surface area contributed by atoms with Gasteiger partial charge in [-0.1, -0.05) is 43.7 Å². The third-order valence-electron chi connectivity index (χ3n) is 9.18. The van der Waals surface area contributed by atoms with E-state index in [0.29, 0.717) is 77.5 Å². The van der Waals surface area contributed by atoms with Crippen LogP contribution in [-0.4, -0.2) is 110 Å². The van der Waals surface area contributed by atoms with Crippen molar-refractivity contribution in [3.05, 3.63) is 35.9 Å². The van der Waals surface area contributed by atoms with Crippen LogP contribution in [0.2, 0.25) is 0 Å². The van der Waals surface area contributed by atoms with Gasteiger partial charge in [0.1, 0.15) is 12.1 Å². The van der Waals surface area contributed by atoms with E-state index >= 15 is 0 Å². The summed E-state index contributed by atoms with van der Waals surface area (Å²) in [4.78, 5) is 75.2. The van der Waals surface area contributed by atoms with Crippen molar-refractivity contribution in [1.29, 1.82) is 0 Å². The highest BCUT2D eigenvalue weighted by atomic mass is 16.5. The molecule has 17 nitrogen and oxygen atoms in total. The molecular weight excluding hydrogens is 706 g/mol. The Balaban J connectivity index is 1.91. The monoisotopic (exact) mass is 772 g/mol. The Hall–Kier alpha value is -4.93. The first-order chi connectivity index (χ1) is 26.3. The van der Waals surface area contributed by atoms with Gasteiger partial charge in [-0.2, -0.15) is 0 Å². The predicted molar refractivity (Wildman–Crippen MR) is 213 cm³/mol. The second-order valence-electron chi connectivity index (χ2n) is 14.1. The van der Waals surface area contributed by atoms with E-state index in [1.165, 1.54) is 0 Å². The van der Waals surface area contributed by atoms with Gasteiger partial charge in [-0.3, -0.25) is 34.0 Å². The molecule has 1 fully saturated rings. The molecule has 5 amide bonds. The van der Waals surface area contributed by atoms with Crippen molar-refractivity contribution in [2.75, 3.05) is 39.3 Å². The van der Waals surface area contributed by atoms with Crippen LogP contribution in [0.4, 0.5) is 0 Å². The second-order valence-corrected chi connectivity index (χ2v) is 14.1. The Kier molecular flexibility index (Phi) is 21.8. The molecule has 1 aromatic rings. The van der Waals surface area contributed by atoms with Crippen LogP contribution in [0.3, 0.4) is 0 Å². The van der Waals surface area contributed by atoms with Gasteiger partial charge in [0.05, 0.1) is 12.2 Å². The molecule has 0 aromatic heterocycles. The molecule has 2 rings (SSSR count). The number of benzene rings is 1. The van der Waals surface area contributed by atoms with Gasteiger partial charge >= 0.3 is 0 Å². The molecule has 5 unspecified atom stereocenters. The zero-order chi connectivity index (χ0) is 40.6. The van der Waals surface area contributed by atoms with Crippen molar-refractivity contribution in [2.45, 2.75) is 116 Å². The zero-order valence-corrected chi connectivity index (χ0v) is 32.9. The molecule has 1 aromatic carbocycles. The average molecular weight is 772 g/mol. The van der Waals surface area contributed by atoms with E-state index < -0.39 is 18.0 Å². The maximum Gasteiger partial charge on any atom is 0.243 e. The fourth-order valence-electron chi connectivity index (χ4n) is 6.32. The molecule has 0 radical (unpaired) electrons. The van der Waals surface area contributed by atoms with Gasteiger partial charge in [0.2, 0.25) is 29.5 Å². The summed E-state index contributed by atoms with van der Waals surface area (Å²) >= 11 is 0. The van der Waals surface area contributed by atoms with Crippen LogP contribution >= 0.6 is 0 Å². The summed E-state index contributed by atoms with van der Waals surface area (Å²) in [6, 6.07) is 7.47. The number of unbranched alkanes of at least 4 members (excludes halogenated alkanes) is 2. The molecule has 308 valence electrons. The average Bonchev–Trinajstić information content (AvgIpc) is 3.13. The van der Waals surface area contributed by atoms with Crippen LogP contribution in [0.15, 0.2) is 40.3 Å². The number of carbonyl (C=O) groups is 5. The van der Waals surface area contributed by atoms with Crippen LogP contribution in [0.5, 0.6) is 0 Å². The number of ether oxygens (including phenoxy) is 1. The molecule has 12 N–H and O–H groups in total. The number of hydrogen-bond acceptors (Lipinski definition) is 8. The molecule has 1 aliphatic rings. The fraction of sp³-hybridized carbons (Fsp3) is 0.658. The van der Waals surface area contributed by atoms with Gasteiger partial charge in [-0.25, -0.2) is 0 Å². The molecule has 1 aliphatic heterocycles. The van der Waals surface area contributed by atoms with Gasteiger partial charge in [0, 0.05) is 64.4 Å². The summed E-state index contributed by atoms with van der Waals surface area (Å²) < 4.78 is 5.68. The molecule has 17 heteroatoms. The molecule has 1 saturated heterocycles. The van der Waals surface area contributed by atoms with Crippen molar-refractivity contribution in [3.63, 3.8) is 0 Å². The van der Waals surface area contributed by atoms with E-state index in [9.17, 15) is 24.0 Å². The van der Waals surface area contributed by atoms with E-state index in [0.717, 1.165) is 5.56 Å². The van der Waals surface area contributed by atoms with Gasteiger partial charge in [-0.15, -0.1) is 0 Å². The zero-order valence-electron chi connectivity index (χ0n) is 32.9. The minimum Gasteiger partial charge on any atom is -0.372 e. The van der Waals surface area contributed by atoms with Crippen molar-refractivity contribution in [2.24, 2.45) is 38.8 Å². The number of guanidine groups is 2. The third-order valence-corrected chi connectivity index (χ3v) is 9.18. The third kappa shape index (κ3) is 19.8. The lowest BCUT2D eigenvalue weighted by Gasteiger charge is -2.35. The van der Waals surface area contributed by atoms with Crippen LogP contribution in [0, 0.1) is 5.92 Å². The summed E-state index contributed by atoms with van der Waals surface area (Å²) in [6.45, 7) is 8.17. The normalized spacial score (nSPS) is 16.8. The first-order valence-corrected chi connectivity index (χ1v) is 19.5. The number of nitrogens with one attached hydrogen (secondary N) is 4. The molecule has 0 aliphatic carbocycles. The van der Waals surface area contributed by atoms with Gasteiger partial charge in [0.15, 0.2) is 11.9 Å². The van der Waals surface area contributed by atoms with Crippen LogP contribution in [0.25, 0.3) is 0 Å². The molecule has 0 spiro atoms. The summed E-state index contributed by atoms with van der Waals surface area (Å²) in [6.07, 6.45) is 5.04. The van der Waals surface area contributed by atoms with Crippen molar-refractivity contribution in [1.82, 2.24) is 26.2 Å². The summed E-state index contributed by atoms with van der Waals surface area (Å²) in [7, 11) is 0. The predicted octanol–water partition coefficient (Wildman–Crippen LogP) is 0.151. The van der Waals surface area contributed by atoms with Crippen LogP contribution in [-0.2, 0) is 35.1 Å². The lowest BCUT2D eigenvalue weighted by atomic mass is 9.97. The molecule has 1 heterocycles. The second kappa shape index (κ2) is 26.0. The number of amides is 5. The van der Waals surface area contributed by atoms with Crippen molar-refractivity contribution in [3.8, 4) is 0 Å². The van der Waals surface area contributed by atoms with Crippen molar-refractivity contribution >= 4 is 41.5 Å². The smallest absolute Gasteiger partial charge is 0.243 e. The number of nitrogens with two attached hydrogens (primary N) is 4. The SMILES string of the molecule is CCC(CCCN=C(N)N)C(=O)NC(Cc1ccccc1)C(=O)NC(CCCN=C(N)N)C(=O)NCCCCCC(=O)NCCC(=O)N1CC(C)OC(C)C1. The Morgan fingerprint density at radius 3 is 1.98 bits per heavy atom. The highest BCUT2D eigenvalue weighted by molar-refractivity contribution is 5.92. The Morgan fingerprint density at radius 1 is 0.745 bits per heavy atom. The molecule has 5 atom stereocenters. The number of carbonyl (C=O) groups excluding carboxylic acids is 5. The van der Waals surface area contributed by atoms with E-state index in [-0.39, 0.29) is 86.0 Å². The maximum atomic E-state index is 13.8. The van der Waals surface area contributed by atoms with Gasteiger partial charge < -0.3 is 53.8 Å². The lowest BCUT2D eigenvalue weighted by molar-refractivity contribution is -0.143. The van der Waals surface area contributed by atoms with Crippen LogP contribution < -0.4 is 44.2 Å². The quantitative estimate of drug-likeness (QED) is 0.0379. The Bertz CT molecular complexity index is 1390. The molecule has 55 heavy (non-hydrogen) atoms. The maximum absolute atomic E-state index is 13.8. The highest BCUT2D eigenvalue weighted by Gasteiger charge is 2.29. The number of morpholine rings is 1. The Morgan fingerprint density at radius 2 is 1.36 bits per heavy atom. The summed E-state index contributed by atoms with van der Waals surface area (Å²) in [5.41, 5.74) is 22.6. The summed E-state index contributed by atoms with van der Waals surface area (Å²) in [5.74, 6) is -1.70. The molecule has 0 saturated carbocycles. The number of aliphatic imine (C=N–C) groups is 2. The number of rotatable bonds is 25. The topological polar surface area (TPSA) is 275 Å². The minimum atomic E-state index is -0.939. The largest absolute Gasteiger partial charge is 0.372 e. The summed E-state index contributed by atoms with van der Waals surface area (Å²) in [5, 5.41) is 11.5. The van der Waals surface area contributed by atoms with E-state index in [4.69, 9.17) is 27.7 Å². The van der Waals surface area contributed by atoms with Crippen LogP contribution in [0.1, 0.15) is 90.5 Å². The first kappa shape index (κ1) is 46.2. The van der Waals surface area contributed by atoms with E-state index in [1.807, 2.05) is 51.1 Å².